The topological polar surface area (TPSA) is 109 Å². The van der Waals surface area contributed by atoms with Crippen molar-refractivity contribution in [2.75, 3.05) is 25.6 Å². The number of anilines is 1. The van der Waals surface area contributed by atoms with E-state index in [2.05, 4.69) is 25.6 Å². The van der Waals surface area contributed by atoms with Crippen molar-refractivity contribution in [3.05, 3.63) is 47.2 Å². The monoisotopic (exact) mass is 387 g/mol. The minimum atomic E-state index is -0.635. The Labute approximate surface area is 160 Å². The molecule has 0 radical (unpaired) electrons. The first-order valence-electron chi connectivity index (χ1n) is 8.45. The number of aliphatic hydroxyl groups is 1. The summed E-state index contributed by atoms with van der Waals surface area (Å²) in [5, 5.41) is 17.2. The fourth-order valence-corrected chi connectivity index (χ4v) is 3.35. The predicted molar refractivity (Wildman–Crippen MR) is 104 cm³/mol. The van der Waals surface area contributed by atoms with Gasteiger partial charge in [-0.3, -0.25) is 9.78 Å². The second-order valence-corrected chi connectivity index (χ2v) is 6.94. The lowest BCUT2D eigenvalue weighted by molar-refractivity contribution is 0.0921. The first kappa shape index (κ1) is 19.2. The van der Waals surface area contributed by atoms with Gasteiger partial charge < -0.3 is 20.5 Å². The third kappa shape index (κ3) is 4.76. The second kappa shape index (κ2) is 8.85. The number of aromatic nitrogens is 3. The fourth-order valence-electron chi connectivity index (χ4n) is 2.53. The molecule has 1 amide bonds. The van der Waals surface area contributed by atoms with Gasteiger partial charge in [-0.15, -0.1) is 11.3 Å². The van der Waals surface area contributed by atoms with E-state index in [-0.39, 0.29) is 24.2 Å². The molecule has 0 saturated carbocycles. The van der Waals surface area contributed by atoms with E-state index in [1.807, 2.05) is 23.6 Å². The number of pyridine rings is 1. The summed E-state index contributed by atoms with van der Waals surface area (Å²) in [7, 11) is 1.61. The molecular weight excluding hydrogens is 366 g/mol. The number of carbonyl (C=O) groups is 1. The van der Waals surface area contributed by atoms with E-state index in [1.54, 1.807) is 26.4 Å². The summed E-state index contributed by atoms with van der Waals surface area (Å²) < 4.78 is 6.00. The molecule has 3 rings (SSSR count). The Morgan fingerprint density at radius 1 is 1.37 bits per heavy atom. The zero-order chi connectivity index (χ0) is 19.2. The van der Waals surface area contributed by atoms with Crippen LogP contribution in [0.5, 0.6) is 0 Å². The van der Waals surface area contributed by atoms with Crippen LogP contribution in [0.1, 0.15) is 29.0 Å². The van der Waals surface area contributed by atoms with Crippen LogP contribution in [0.2, 0.25) is 0 Å². The van der Waals surface area contributed by atoms with Crippen molar-refractivity contribution in [1.29, 1.82) is 0 Å². The van der Waals surface area contributed by atoms with E-state index in [4.69, 9.17) is 4.74 Å². The molecule has 0 aliphatic carbocycles. The summed E-state index contributed by atoms with van der Waals surface area (Å²) in [6.07, 6.45) is 2.81. The van der Waals surface area contributed by atoms with Gasteiger partial charge in [0.2, 0.25) is 5.95 Å². The number of hydrogen-bond donors (Lipinski definition) is 3. The summed E-state index contributed by atoms with van der Waals surface area (Å²) in [6, 6.07) is 5.40. The molecule has 0 fully saturated rings. The normalized spacial score (nSPS) is 13.3. The minimum Gasteiger partial charge on any atom is -0.392 e. The number of fused-ring (bicyclic) bond motifs is 1. The van der Waals surface area contributed by atoms with Crippen molar-refractivity contribution in [2.24, 2.45) is 0 Å². The van der Waals surface area contributed by atoms with Gasteiger partial charge in [0.25, 0.3) is 5.91 Å². The molecule has 0 aliphatic rings. The Hall–Kier alpha value is -2.62. The average molecular weight is 387 g/mol. The van der Waals surface area contributed by atoms with Crippen molar-refractivity contribution < 1.29 is 14.6 Å². The van der Waals surface area contributed by atoms with Gasteiger partial charge in [0, 0.05) is 26.0 Å². The molecule has 3 heterocycles. The highest BCUT2D eigenvalue weighted by molar-refractivity contribution is 7.17. The third-order valence-corrected chi connectivity index (χ3v) is 4.71. The molecule has 3 aromatic rings. The van der Waals surface area contributed by atoms with Gasteiger partial charge in [0.15, 0.2) is 5.69 Å². The molecule has 142 valence electrons. The number of ether oxygens (including phenoxy) is 1. The molecule has 0 unspecified atom stereocenters. The van der Waals surface area contributed by atoms with Crippen LogP contribution in [0.15, 0.2) is 36.0 Å². The number of nitrogens with one attached hydrogen (secondary N) is 2. The van der Waals surface area contributed by atoms with E-state index in [0.717, 1.165) is 5.56 Å². The van der Waals surface area contributed by atoms with Crippen molar-refractivity contribution in [3.8, 4) is 0 Å². The Bertz CT molecular complexity index is 900. The van der Waals surface area contributed by atoms with Crippen LogP contribution in [0.3, 0.4) is 0 Å². The third-order valence-electron chi connectivity index (χ3n) is 3.80. The van der Waals surface area contributed by atoms with E-state index in [9.17, 15) is 9.90 Å². The fraction of sp³-hybridized carbons (Fsp3) is 0.333. The van der Waals surface area contributed by atoms with Crippen LogP contribution in [0.25, 0.3) is 10.2 Å². The quantitative estimate of drug-likeness (QED) is 0.542. The van der Waals surface area contributed by atoms with Crippen molar-refractivity contribution in [1.82, 2.24) is 20.3 Å². The Kier molecular flexibility index (Phi) is 6.28. The van der Waals surface area contributed by atoms with Gasteiger partial charge in [-0.2, -0.15) is 0 Å². The van der Waals surface area contributed by atoms with E-state index in [0.29, 0.717) is 22.8 Å². The summed E-state index contributed by atoms with van der Waals surface area (Å²) >= 11 is 1.40. The molecular formula is C18H21N5O3S. The van der Waals surface area contributed by atoms with Crippen LogP contribution >= 0.6 is 11.3 Å². The predicted octanol–water partition coefficient (Wildman–Crippen LogP) is 2.00. The van der Waals surface area contributed by atoms with Crippen LogP contribution in [-0.4, -0.2) is 52.3 Å². The number of nitrogens with zero attached hydrogens (tertiary/aromatic N) is 3. The van der Waals surface area contributed by atoms with Crippen LogP contribution < -0.4 is 10.6 Å². The number of rotatable bonds is 8. The Morgan fingerprint density at radius 3 is 2.93 bits per heavy atom. The number of methoxy groups -OCH3 is 1. The summed E-state index contributed by atoms with van der Waals surface area (Å²) in [5.41, 5.74) is 1.89. The molecule has 3 N–H and O–H groups in total. The van der Waals surface area contributed by atoms with Crippen LogP contribution in [0, 0.1) is 0 Å². The lowest BCUT2D eigenvalue weighted by atomic mass is 10.1. The maximum Gasteiger partial charge on any atom is 0.271 e. The highest BCUT2D eigenvalue weighted by Crippen LogP contribution is 2.25. The molecule has 8 nitrogen and oxygen atoms in total. The number of hydrogen-bond acceptors (Lipinski definition) is 8. The zero-order valence-corrected chi connectivity index (χ0v) is 15.9. The van der Waals surface area contributed by atoms with Gasteiger partial charge >= 0.3 is 0 Å². The molecule has 0 spiro atoms. The molecule has 9 heteroatoms. The van der Waals surface area contributed by atoms with Gasteiger partial charge in [-0.1, -0.05) is 6.07 Å². The molecule has 27 heavy (non-hydrogen) atoms. The maximum atomic E-state index is 12.5. The highest BCUT2D eigenvalue weighted by atomic mass is 32.1. The van der Waals surface area contributed by atoms with Gasteiger partial charge in [0.1, 0.15) is 0 Å². The van der Waals surface area contributed by atoms with Gasteiger partial charge in [0.05, 0.1) is 29.0 Å². The summed E-state index contributed by atoms with van der Waals surface area (Å²) in [4.78, 5) is 25.6. The van der Waals surface area contributed by atoms with Crippen LogP contribution in [-0.2, 0) is 4.74 Å². The molecule has 0 saturated heterocycles. The molecule has 0 bridgehead atoms. The van der Waals surface area contributed by atoms with Crippen molar-refractivity contribution in [2.45, 2.75) is 19.1 Å². The SMILES string of the molecule is COC[C@H](Nc1nc(C(=O)NC[C@H](C)O)c2sccc2n1)c1cccnc1. The van der Waals surface area contributed by atoms with E-state index < -0.39 is 6.10 Å². The smallest absolute Gasteiger partial charge is 0.271 e. The Balaban J connectivity index is 1.91. The van der Waals surface area contributed by atoms with E-state index in [1.165, 1.54) is 11.3 Å². The molecule has 2 atom stereocenters. The largest absolute Gasteiger partial charge is 0.392 e. The zero-order valence-electron chi connectivity index (χ0n) is 15.0. The summed E-state index contributed by atoms with van der Waals surface area (Å²) in [6.45, 7) is 2.15. The number of amides is 1. The standard InChI is InChI=1S/C18H21N5O3S/c1-11(24)8-20-17(25)15-16-13(5-7-27-16)21-18(23-15)22-14(10-26-2)12-4-3-6-19-9-12/h3-7,9,11,14,24H,8,10H2,1-2H3,(H,20,25)(H,21,22,23)/t11-,14-/m0/s1. The lowest BCUT2D eigenvalue weighted by Crippen LogP contribution is -2.31. The van der Waals surface area contributed by atoms with Crippen molar-refractivity contribution >= 4 is 33.4 Å². The number of thiophene rings is 1. The van der Waals surface area contributed by atoms with Crippen LogP contribution in [0.4, 0.5) is 5.95 Å². The number of carbonyl (C=O) groups excluding carboxylic acids is 1. The first-order valence-corrected chi connectivity index (χ1v) is 9.33. The van der Waals surface area contributed by atoms with Gasteiger partial charge in [-0.05, 0) is 30.0 Å². The summed E-state index contributed by atoms with van der Waals surface area (Å²) in [5.74, 6) is -0.0209. The van der Waals surface area contributed by atoms with Crippen molar-refractivity contribution in [3.63, 3.8) is 0 Å². The maximum absolute atomic E-state index is 12.5. The Morgan fingerprint density at radius 2 is 2.22 bits per heavy atom. The minimum absolute atomic E-state index is 0.153. The average Bonchev–Trinajstić information content (AvgIpc) is 3.14. The number of aliphatic hydroxyl groups excluding tert-OH is 1. The lowest BCUT2D eigenvalue weighted by Gasteiger charge is -2.18. The molecule has 0 aliphatic heterocycles. The molecule has 0 aromatic carbocycles. The molecule has 3 aromatic heterocycles. The van der Waals surface area contributed by atoms with Gasteiger partial charge in [-0.25, -0.2) is 9.97 Å². The first-order chi connectivity index (χ1) is 13.1. The van der Waals surface area contributed by atoms with E-state index >= 15 is 0 Å². The second-order valence-electron chi connectivity index (χ2n) is 6.03. The highest BCUT2D eigenvalue weighted by Gasteiger charge is 2.19.